The number of methoxy groups -OCH3 is 1. The normalized spacial score (nSPS) is 11.4. The highest BCUT2D eigenvalue weighted by Gasteiger charge is 2.21. The van der Waals surface area contributed by atoms with Crippen molar-refractivity contribution in [2.24, 2.45) is 0 Å². The van der Waals surface area contributed by atoms with Crippen molar-refractivity contribution in [3.05, 3.63) is 48.2 Å². The second-order valence-corrected chi connectivity index (χ2v) is 7.10. The lowest BCUT2D eigenvalue weighted by Crippen LogP contribution is -2.30. The first-order valence-corrected chi connectivity index (χ1v) is 9.28. The van der Waals surface area contributed by atoms with E-state index in [4.69, 9.17) is 4.74 Å². The molecule has 1 N–H and O–H groups in total. The number of carbonyl (C=O) groups is 1. The summed E-state index contributed by atoms with van der Waals surface area (Å²) in [4.78, 5) is 16.4. The van der Waals surface area contributed by atoms with Gasteiger partial charge in [-0.2, -0.15) is 4.31 Å². The van der Waals surface area contributed by atoms with Crippen LogP contribution in [0.15, 0.2) is 47.5 Å². The summed E-state index contributed by atoms with van der Waals surface area (Å²) >= 11 is 0. The Morgan fingerprint density at radius 1 is 1.20 bits per heavy atom. The highest BCUT2D eigenvalue weighted by atomic mass is 32.2. The Morgan fingerprint density at radius 2 is 1.92 bits per heavy atom. The first-order chi connectivity index (χ1) is 11.9. The molecule has 0 saturated heterocycles. The van der Waals surface area contributed by atoms with E-state index in [9.17, 15) is 13.2 Å². The number of nitrogens with zero attached hydrogens (tertiary/aromatic N) is 2. The standard InChI is InChI=1S/C17H21N3O4S/c1-4-20(5-2)25(22,23)15-8-6-7-14(11-15)19-17(21)13-9-10-16(24-3)18-12-13/h6-12H,4-5H2,1-3H3,(H,19,21). The fourth-order valence-corrected chi connectivity index (χ4v) is 3.79. The molecule has 0 aliphatic heterocycles. The summed E-state index contributed by atoms with van der Waals surface area (Å²) in [5.41, 5.74) is 0.742. The fourth-order valence-electron chi connectivity index (χ4n) is 2.29. The molecule has 0 radical (unpaired) electrons. The zero-order valence-electron chi connectivity index (χ0n) is 14.4. The molecule has 1 aromatic carbocycles. The Morgan fingerprint density at radius 3 is 2.48 bits per heavy atom. The van der Waals surface area contributed by atoms with Crippen LogP contribution >= 0.6 is 0 Å². The maximum Gasteiger partial charge on any atom is 0.257 e. The van der Waals surface area contributed by atoms with Crippen molar-refractivity contribution in [3.63, 3.8) is 0 Å². The fraction of sp³-hybridized carbons (Fsp3) is 0.294. The van der Waals surface area contributed by atoms with Crippen molar-refractivity contribution in [2.75, 3.05) is 25.5 Å². The minimum atomic E-state index is -3.58. The number of anilines is 1. The van der Waals surface area contributed by atoms with Crippen molar-refractivity contribution in [3.8, 4) is 5.88 Å². The molecule has 134 valence electrons. The van der Waals surface area contributed by atoms with Gasteiger partial charge in [-0.1, -0.05) is 19.9 Å². The summed E-state index contributed by atoms with van der Waals surface area (Å²) < 4.78 is 31.4. The summed E-state index contributed by atoms with van der Waals surface area (Å²) in [7, 11) is -2.09. The molecule has 0 saturated carbocycles. The second-order valence-electron chi connectivity index (χ2n) is 5.16. The number of ether oxygens (including phenoxy) is 1. The highest BCUT2D eigenvalue weighted by molar-refractivity contribution is 7.89. The van der Waals surface area contributed by atoms with Crippen molar-refractivity contribution >= 4 is 21.6 Å². The third-order valence-corrected chi connectivity index (χ3v) is 5.69. The zero-order chi connectivity index (χ0) is 18.4. The number of hydrogen-bond donors (Lipinski definition) is 1. The van der Waals surface area contributed by atoms with E-state index in [1.165, 1.54) is 29.7 Å². The predicted molar refractivity (Wildman–Crippen MR) is 95.3 cm³/mol. The van der Waals surface area contributed by atoms with Crippen LogP contribution in [0.25, 0.3) is 0 Å². The minimum Gasteiger partial charge on any atom is -0.481 e. The molecule has 0 fully saturated rings. The van der Waals surface area contributed by atoms with E-state index in [0.29, 0.717) is 30.2 Å². The third kappa shape index (κ3) is 4.34. The van der Waals surface area contributed by atoms with Gasteiger partial charge in [0.2, 0.25) is 15.9 Å². The van der Waals surface area contributed by atoms with Gasteiger partial charge in [-0.15, -0.1) is 0 Å². The van der Waals surface area contributed by atoms with Gasteiger partial charge >= 0.3 is 0 Å². The van der Waals surface area contributed by atoms with Crippen LogP contribution in [0.2, 0.25) is 0 Å². The number of benzene rings is 1. The summed E-state index contributed by atoms with van der Waals surface area (Å²) in [5, 5.41) is 2.68. The number of hydrogen-bond acceptors (Lipinski definition) is 5. The van der Waals surface area contributed by atoms with Gasteiger partial charge in [0.1, 0.15) is 0 Å². The van der Waals surface area contributed by atoms with Crippen LogP contribution in [-0.2, 0) is 10.0 Å². The lowest BCUT2D eigenvalue weighted by atomic mass is 10.2. The smallest absolute Gasteiger partial charge is 0.257 e. The van der Waals surface area contributed by atoms with Crippen LogP contribution in [0.5, 0.6) is 5.88 Å². The molecular weight excluding hydrogens is 342 g/mol. The van der Waals surface area contributed by atoms with E-state index in [0.717, 1.165) is 0 Å². The quantitative estimate of drug-likeness (QED) is 0.816. The molecule has 1 heterocycles. The topological polar surface area (TPSA) is 88.6 Å². The van der Waals surface area contributed by atoms with E-state index in [-0.39, 0.29) is 10.8 Å². The summed E-state index contributed by atoms with van der Waals surface area (Å²) in [5.74, 6) is 0.0244. The predicted octanol–water partition coefficient (Wildman–Crippen LogP) is 2.37. The van der Waals surface area contributed by atoms with Crippen LogP contribution in [0.1, 0.15) is 24.2 Å². The number of carbonyl (C=O) groups excluding carboxylic acids is 1. The van der Waals surface area contributed by atoms with Crippen molar-refractivity contribution in [2.45, 2.75) is 18.7 Å². The first-order valence-electron chi connectivity index (χ1n) is 7.84. The van der Waals surface area contributed by atoms with E-state index in [1.807, 2.05) is 0 Å². The minimum absolute atomic E-state index is 0.141. The Balaban J connectivity index is 2.22. The van der Waals surface area contributed by atoms with E-state index in [1.54, 1.807) is 38.1 Å². The molecule has 0 unspecified atom stereocenters. The second kappa shape index (κ2) is 8.09. The van der Waals surface area contributed by atoms with Crippen LogP contribution in [-0.4, -0.2) is 43.8 Å². The molecule has 2 rings (SSSR count). The number of nitrogens with one attached hydrogen (secondary N) is 1. The summed E-state index contributed by atoms with van der Waals surface area (Å²) in [6.07, 6.45) is 1.39. The number of pyridine rings is 1. The van der Waals surface area contributed by atoms with E-state index < -0.39 is 10.0 Å². The number of rotatable bonds is 7. The number of sulfonamides is 1. The van der Waals surface area contributed by atoms with Crippen LogP contribution < -0.4 is 10.1 Å². The molecule has 0 aliphatic rings. The van der Waals surface area contributed by atoms with Gasteiger partial charge in [-0.25, -0.2) is 13.4 Å². The van der Waals surface area contributed by atoms with Gasteiger partial charge in [-0.05, 0) is 24.3 Å². The van der Waals surface area contributed by atoms with Gasteiger partial charge in [0.05, 0.1) is 17.6 Å². The SMILES string of the molecule is CCN(CC)S(=O)(=O)c1cccc(NC(=O)c2ccc(OC)nc2)c1. The van der Waals surface area contributed by atoms with Gasteiger partial charge in [0.25, 0.3) is 5.91 Å². The summed E-state index contributed by atoms with van der Waals surface area (Å²) in [6.45, 7) is 4.33. The maximum absolute atomic E-state index is 12.6. The molecule has 2 aromatic rings. The molecule has 8 heteroatoms. The lowest BCUT2D eigenvalue weighted by Gasteiger charge is -2.18. The van der Waals surface area contributed by atoms with Gasteiger partial charge in [-0.3, -0.25) is 4.79 Å². The summed E-state index contributed by atoms with van der Waals surface area (Å²) in [6, 6.07) is 9.35. The Bertz CT molecular complexity index is 831. The molecule has 25 heavy (non-hydrogen) atoms. The molecule has 7 nitrogen and oxygen atoms in total. The molecule has 1 aromatic heterocycles. The third-order valence-electron chi connectivity index (χ3n) is 3.64. The zero-order valence-corrected chi connectivity index (χ0v) is 15.2. The lowest BCUT2D eigenvalue weighted by molar-refractivity contribution is 0.102. The van der Waals surface area contributed by atoms with Crippen LogP contribution in [0, 0.1) is 0 Å². The molecule has 0 spiro atoms. The molecule has 0 bridgehead atoms. The van der Waals surface area contributed by atoms with Crippen LogP contribution in [0.4, 0.5) is 5.69 Å². The van der Waals surface area contributed by atoms with Crippen molar-refractivity contribution in [1.82, 2.24) is 9.29 Å². The molecular formula is C17H21N3O4S. The van der Waals surface area contributed by atoms with Gasteiger partial charge in [0, 0.05) is 31.0 Å². The Hall–Kier alpha value is -2.45. The highest BCUT2D eigenvalue weighted by Crippen LogP contribution is 2.20. The van der Waals surface area contributed by atoms with Gasteiger partial charge < -0.3 is 10.1 Å². The van der Waals surface area contributed by atoms with Gasteiger partial charge in [0.15, 0.2) is 0 Å². The number of amides is 1. The first kappa shape index (κ1) is 18.9. The van der Waals surface area contributed by atoms with E-state index >= 15 is 0 Å². The molecule has 1 amide bonds. The molecule has 0 aliphatic carbocycles. The van der Waals surface area contributed by atoms with E-state index in [2.05, 4.69) is 10.3 Å². The average molecular weight is 363 g/mol. The van der Waals surface area contributed by atoms with Crippen LogP contribution in [0.3, 0.4) is 0 Å². The monoisotopic (exact) mass is 363 g/mol. The van der Waals surface area contributed by atoms with Crippen molar-refractivity contribution in [1.29, 1.82) is 0 Å². The average Bonchev–Trinajstić information content (AvgIpc) is 2.62. The molecule has 0 atom stereocenters. The Labute approximate surface area is 147 Å². The van der Waals surface area contributed by atoms with Crippen molar-refractivity contribution < 1.29 is 17.9 Å². The Kier molecular flexibility index (Phi) is 6.11. The number of aromatic nitrogens is 1. The maximum atomic E-state index is 12.6. The largest absolute Gasteiger partial charge is 0.481 e.